The Morgan fingerprint density at radius 3 is 2.14 bits per heavy atom. The number of halogens is 2. The van der Waals surface area contributed by atoms with Crippen molar-refractivity contribution in [1.29, 1.82) is 0 Å². The molecule has 1 aromatic rings. The van der Waals surface area contributed by atoms with Gasteiger partial charge in [-0.2, -0.15) is 0 Å². The smallest absolute Gasteiger partial charge is 0.275 e. The molecule has 0 unspecified atom stereocenters. The van der Waals surface area contributed by atoms with E-state index in [-0.39, 0.29) is 23.0 Å². The lowest BCUT2D eigenvalue weighted by atomic mass is 10.1. The first-order chi connectivity index (χ1) is 9.11. The van der Waals surface area contributed by atoms with E-state index in [1.165, 1.54) is 6.07 Å². The van der Waals surface area contributed by atoms with E-state index < -0.39 is 13.3 Å². The molecule has 0 radical (unpaired) electrons. The van der Waals surface area contributed by atoms with Crippen LogP contribution < -0.4 is 11.7 Å². The number of carbonyl (C=O) groups is 1. The highest BCUT2D eigenvalue weighted by molar-refractivity contribution is 6.75. The van der Waals surface area contributed by atoms with Gasteiger partial charge in [0.1, 0.15) is 0 Å². The van der Waals surface area contributed by atoms with Crippen molar-refractivity contribution in [3.8, 4) is 0 Å². The topological polar surface area (TPSA) is 112 Å². The second kappa shape index (κ2) is 9.11. The van der Waals surface area contributed by atoms with Crippen LogP contribution in [0.2, 0.25) is 19.6 Å². The highest BCUT2D eigenvalue weighted by Gasteiger charge is 2.24. The van der Waals surface area contributed by atoms with Crippen LogP contribution in [0.15, 0.2) is 12.1 Å². The standard InChI is InChI=1S/C12H16ClNO3Si.ClH.H4N2/c1-8-5-9(12(13)15)6-10(7-18(2,3)4)11(8)14(16)17;;1-2/h5-6H,7H2,1-4H3;1H;1-2H2. The summed E-state index contributed by atoms with van der Waals surface area (Å²) in [5.41, 5.74) is 1.54. The number of nitro benzene ring substituents is 1. The molecule has 0 aliphatic carbocycles. The first kappa shape index (κ1) is 22.3. The zero-order chi connectivity index (χ0) is 16.1. The fourth-order valence-electron chi connectivity index (χ4n) is 1.93. The monoisotopic (exact) mass is 353 g/mol. The summed E-state index contributed by atoms with van der Waals surface area (Å²) in [6.45, 7) is 8.01. The van der Waals surface area contributed by atoms with Crippen LogP contribution in [0.3, 0.4) is 0 Å². The molecule has 0 spiro atoms. The van der Waals surface area contributed by atoms with Gasteiger partial charge in [-0.05, 0) is 36.7 Å². The Balaban J connectivity index is 0. The molecule has 0 aromatic heterocycles. The molecule has 0 saturated carbocycles. The van der Waals surface area contributed by atoms with Crippen molar-refractivity contribution in [2.75, 3.05) is 0 Å². The Bertz CT molecular complexity index is 519. The Morgan fingerprint density at radius 2 is 1.81 bits per heavy atom. The molecule has 120 valence electrons. The molecule has 0 atom stereocenters. The summed E-state index contributed by atoms with van der Waals surface area (Å²) in [6, 6.07) is 3.68. The molecule has 1 aromatic carbocycles. The predicted molar refractivity (Wildman–Crippen MR) is 90.7 cm³/mol. The van der Waals surface area contributed by atoms with Crippen LogP contribution in [0.25, 0.3) is 0 Å². The van der Waals surface area contributed by atoms with Gasteiger partial charge in [-0.25, -0.2) is 0 Å². The first-order valence-electron chi connectivity index (χ1n) is 5.93. The second-order valence-corrected chi connectivity index (χ2v) is 11.4. The average Bonchev–Trinajstić information content (AvgIpc) is 2.27. The van der Waals surface area contributed by atoms with Crippen molar-refractivity contribution in [3.05, 3.63) is 38.9 Å². The first-order valence-corrected chi connectivity index (χ1v) is 10.0. The van der Waals surface area contributed by atoms with Crippen LogP contribution in [0, 0.1) is 17.0 Å². The van der Waals surface area contributed by atoms with Gasteiger partial charge >= 0.3 is 0 Å². The molecular weight excluding hydrogens is 333 g/mol. The molecule has 6 nitrogen and oxygen atoms in total. The fraction of sp³-hybridized carbons (Fsp3) is 0.417. The maximum Gasteiger partial charge on any atom is 0.275 e. The number of carbonyl (C=O) groups excluding carboxylic acids is 1. The highest BCUT2D eigenvalue weighted by Crippen LogP contribution is 2.28. The van der Waals surface area contributed by atoms with E-state index >= 15 is 0 Å². The van der Waals surface area contributed by atoms with E-state index in [4.69, 9.17) is 11.6 Å². The minimum atomic E-state index is -1.51. The van der Waals surface area contributed by atoms with Crippen LogP contribution in [-0.4, -0.2) is 18.2 Å². The SMILES string of the molecule is Cc1cc(C(=O)Cl)cc(C[Si](C)(C)C)c1[N+](=O)[O-].Cl.NN. The molecule has 0 amide bonds. The maximum absolute atomic E-state index is 11.2. The predicted octanol–water partition coefficient (Wildman–Crippen LogP) is 2.94. The molecule has 0 bridgehead atoms. The zero-order valence-electron chi connectivity index (χ0n) is 12.5. The number of rotatable bonds is 4. The molecule has 0 aliphatic rings. The third-order valence-corrected chi connectivity index (χ3v) is 4.17. The summed E-state index contributed by atoms with van der Waals surface area (Å²) in [7, 11) is -1.51. The molecule has 0 heterocycles. The van der Waals surface area contributed by atoms with E-state index in [2.05, 4.69) is 31.3 Å². The van der Waals surface area contributed by atoms with E-state index in [9.17, 15) is 14.9 Å². The molecule has 9 heteroatoms. The molecule has 0 saturated heterocycles. The summed E-state index contributed by atoms with van der Waals surface area (Å²) in [4.78, 5) is 21.9. The van der Waals surface area contributed by atoms with Gasteiger partial charge in [0.05, 0.1) is 4.92 Å². The van der Waals surface area contributed by atoms with E-state index in [0.29, 0.717) is 22.7 Å². The van der Waals surface area contributed by atoms with Gasteiger partial charge < -0.3 is 0 Å². The molecule has 4 N–H and O–H groups in total. The highest BCUT2D eigenvalue weighted by atomic mass is 35.5. The molecular formula is C12H21Cl2N3O3Si. The van der Waals surface area contributed by atoms with Crippen molar-refractivity contribution in [3.63, 3.8) is 0 Å². The number of hydrogen-bond acceptors (Lipinski definition) is 5. The number of hydrazine groups is 1. The lowest BCUT2D eigenvalue weighted by molar-refractivity contribution is -0.386. The van der Waals surface area contributed by atoms with Crippen molar-refractivity contribution in [1.82, 2.24) is 0 Å². The summed E-state index contributed by atoms with van der Waals surface area (Å²) >= 11 is 5.45. The van der Waals surface area contributed by atoms with Crippen LogP contribution >= 0.6 is 24.0 Å². The zero-order valence-corrected chi connectivity index (χ0v) is 15.0. The third-order valence-electron chi connectivity index (χ3n) is 2.51. The van der Waals surface area contributed by atoms with Crippen molar-refractivity contribution in [2.24, 2.45) is 11.7 Å². The second-order valence-electron chi connectivity index (χ2n) is 5.57. The number of benzene rings is 1. The Hall–Kier alpha value is -0.993. The number of nitrogens with two attached hydrogens (primary N) is 2. The lowest BCUT2D eigenvalue weighted by Crippen LogP contribution is -2.24. The van der Waals surface area contributed by atoms with Crippen molar-refractivity contribution >= 4 is 43.0 Å². The number of nitrogens with zero attached hydrogens (tertiary/aromatic N) is 1. The van der Waals surface area contributed by atoms with Gasteiger partial charge in [-0.15, -0.1) is 12.4 Å². The summed E-state index contributed by atoms with van der Waals surface area (Å²) < 4.78 is 0. The van der Waals surface area contributed by atoms with E-state index in [0.717, 1.165) is 0 Å². The minimum absolute atomic E-state index is 0. The molecule has 0 aliphatic heterocycles. The van der Waals surface area contributed by atoms with Gasteiger partial charge in [0, 0.05) is 24.8 Å². The summed E-state index contributed by atoms with van der Waals surface area (Å²) in [6.07, 6.45) is 0. The van der Waals surface area contributed by atoms with Gasteiger partial charge in [-0.3, -0.25) is 26.6 Å². The lowest BCUT2D eigenvalue weighted by Gasteiger charge is -2.17. The van der Waals surface area contributed by atoms with Gasteiger partial charge in [0.15, 0.2) is 0 Å². The molecule has 21 heavy (non-hydrogen) atoms. The van der Waals surface area contributed by atoms with Crippen molar-refractivity contribution < 1.29 is 9.72 Å². The van der Waals surface area contributed by atoms with Crippen molar-refractivity contribution in [2.45, 2.75) is 32.6 Å². The Morgan fingerprint density at radius 1 is 1.33 bits per heavy atom. The van der Waals surface area contributed by atoms with Gasteiger partial charge in [0.2, 0.25) is 0 Å². The Labute approximate surface area is 136 Å². The summed E-state index contributed by atoms with van der Waals surface area (Å²) in [5, 5.41) is 10.5. The van der Waals surface area contributed by atoms with Crippen LogP contribution in [0.4, 0.5) is 5.69 Å². The third kappa shape index (κ3) is 7.01. The number of nitro groups is 1. The Kier molecular flexibility index (Phi) is 9.67. The number of aryl methyl sites for hydroxylation is 1. The number of hydrogen-bond donors (Lipinski definition) is 2. The van der Waals surface area contributed by atoms with Crippen LogP contribution in [0.5, 0.6) is 0 Å². The van der Waals surface area contributed by atoms with E-state index in [1.54, 1.807) is 13.0 Å². The normalized spacial score (nSPS) is 10.0. The summed E-state index contributed by atoms with van der Waals surface area (Å²) in [5.74, 6) is 8.00. The van der Waals surface area contributed by atoms with Crippen LogP contribution in [0.1, 0.15) is 21.5 Å². The van der Waals surface area contributed by atoms with Gasteiger partial charge in [0.25, 0.3) is 10.9 Å². The molecule has 1 rings (SSSR count). The maximum atomic E-state index is 11.2. The van der Waals surface area contributed by atoms with Gasteiger partial charge in [-0.1, -0.05) is 19.6 Å². The quantitative estimate of drug-likeness (QED) is 0.284. The molecule has 0 fully saturated rings. The fourth-order valence-corrected chi connectivity index (χ4v) is 3.45. The minimum Gasteiger partial charge on any atom is -0.276 e. The average molecular weight is 354 g/mol. The van der Waals surface area contributed by atoms with Crippen LogP contribution in [-0.2, 0) is 6.04 Å². The van der Waals surface area contributed by atoms with E-state index in [1.807, 2.05) is 0 Å². The largest absolute Gasteiger partial charge is 0.276 e.